The van der Waals surface area contributed by atoms with E-state index in [0.29, 0.717) is 17.9 Å². The van der Waals surface area contributed by atoms with E-state index in [-0.39, 0.29) is 11.4 Å². The van der Waals surface area contributed by atoms with E-state index in [4.69, 9.17) is 0 Å². The molecule has 0 saturated carbocycles. The topological polar surface area (TPSA) is 37.6 Å². The van der Waals surface area contributed by atoms with Gasteiger partial charge in [0.1, 0.15) is 19.2 Å². The molecule has 116 valence electrons. The monoisotopic (exact) mass is 345 g/mol. The van der Waals surface area contributed by atoms with Crippen molar-refractivity contribution in [1.82, 2.24) is 4.57 Å². The van der Waals surface area contributed by atoms with Crippen LogP contribution in [0.5, 0.6) is 0 Å². The molecule has 0 unspecified atom stereocenters. The maximum atomic E-state index is 13.0. The van der Waals surface area contributed by atoms with Crippen molar-refractivity contribution >= 4 is 34.4 Å². The number of hydrogen-bond acceptors (Lipinski definition) is 5. The summed E-state index contributed by atoms with van der Waals surface area (Å²) < 4.78 is 15.4. The van der Waals surface area contributed by atoms with Gasteiger partial charge in [0, 0.05) is 10.6 Å². The van der Waals surface area contributed by atoms with Crippen LogP contribution in [0.2, 0.25) is 0 Å². The highest BCUT2D eigenvalue weighted by Gasteiger charge is 2.15. The van der Waals surface area contributed by atoms with Gasteiger partial charge in [0.25, 0.3) is 5.56 Å². The van der Waals surface area contributed by atoms with E-state index < -0.39 is 0 Å². The normalized spacial score (nSPS) is 14.7. The SMILES string of the molecule is O=c1/c(=C\c2cccs2)sc2n1CN(c1ccc(F)cc1)CN=2. The van der Waals surface area contributed by atoms with Crippen molar-refractivity contribution in [3.05, 3.63) is 72.2 Å². The number of thiophene rings is 1. The van der Waals surface area contributed by atoms with Gasteiger partial charge in [-0.05, 0) is 41.8 Å². The summed E-state index contributed by atoms with van der Waals surface area (Å²) in [6.07, 6.45) is 1.90. The van der Waals surface area contributed by atoms with Crippen molar-refractivity contribution < 1.29 is 4.39 Å². The molecule has 3 heterocycles. The fourth-order valence-electron chi connectivity index (χ4n) is 2.43. The van der Waals surface area contributed by atoms with Crippen molar-refractivity contribution in [1.29, 1.82) is 0 Å². The molecule has 0 radical (unpaired) electrons. The Labute approximate surface area is 139 Å². The number of fused-ring (bicyclic) bond motifs is 1. The first-order chi connectivity index (χ1) is 11.2. The Balaban J connectivity index is 1.72. The minimum atomic E-state index is -0.274. The van der Waals surface area contributed by atoms with Gasteiger partial charge in [0.05, 0.1) is 4.53 Å². The summed E-state index contributed by atoms with van der Waals surface area (Å²) in [6.45, 7) is 0.891. The maximum Gasteiger partial charge on any atom is 0.271 e. The van der Waals surface area contributed by atoms with Gasteiger partial charge in [-0.3, -0.25) is 9.36 Å². The van der Waals surface area contributed by atoms with E-state index in [0.717, 1.165) is 15.4 Å². The number of nitrogens with zero attached hydrogens (tertiary/aromatic N) is 3. The average molecular weight is 345 g/mol. The second kappa shape index (κ2) is 5.75. The highest BCUT2D eigenvalue weighted by molar-refractivity contribution is 7.11. The molecule has 2 aromatic heterocycles. The largest absolute Gasteiger partial charge is 0.334 e. The van der Waals surface area contributed by atoms with Crippen molar-refractivity contribution in [2.75, 3.05) is 11.6 Å². The van der Waals surface area contributed by atoms with Gasteiger partial charge in [0.2, 0.25) is 0 Å². The Bertz CT molecular complexity index is 1000. The molecule has 1 aliphatic rings. The highest BCUT2D eigenvalue weighted by atomic mass is 32.1. The summed E-state index contributed by atoms with van der Waals surface area (Å²) in [5, 5.41) is 1.98. The Morgan fingerprint density at radius 1 is 1.22 bits per heavy atom. The lowest BCUT2D eigenvalue weighted by atomic mass is 10.3. The first kappa shape index (κ1) is 14.3. The van der Waals surface area contributed by atoms with Gasteiger partial charge in [0.15, 0.2) is 4.80 Å². The lowest BCUT2D eigenvalue weighted by molar-refractivity contribution is 0.568. The minimum absolute atomic E-state index is 0.0334. The smallest absolute Gasteiger partial charge is 0.271 e. The van der Waals surface area contributed by atoms with E-state index in [9.17, 15) is 9.18 Å². The van der Waals surface area contributed by atoms with Crippen LogP contribution in [0.25, 0.3) is 6.08 Å². The van der Waals surface area contributed by atoms with Crippen LogP contribution >= 0.6 is 22.7 Å². The summed E-state index contributed by atoms with van der Waals surface area (Å²) in [6, 6.07) is 10.2. The van der Waals surface area contributed by atoms with Crippen LogP contribution in [0.3, 0.4) is 0 Å². The van der Waals surface area contributed by atoms with E-state index in [1.165, 1.54) is 23.5 Å². The Morgan fingerprint density at radius 2 is 2.04 bits per heavy atom. The highest BCUT2D eigenvalue weighted by Crippen LogP contribution is 2.16. The Morgan fingerprint density at radius 3 is 2.78 bits per heavy atom. The zero-order chi connectivity index (χ0) is 15.8. The second-order valence-electron chi connectivity index (χ2n) is 5.10. The summed E-state index contributed by atoms with van der Waals surface area (Å²) in [7, 11) is 0. The van der Waals surface area contributed by atoms with Crippen molar-refractivity contribution in [3.8, 4) is 0 Å². The van der Waals surface area contributed by atoms with Crippen LogP contribution in [0.4, 0.5) is 10.1 Å². The quantitative estimate of drug-likeness (QED) is 0.712. The molecule has 4 rings (SSSR count). The van der Waals surface area contributed by atoms with Crippen LogP contribution in [-0.2, 0) is 6.67 Å². The maximum absolute atomic E-state index is 13.0. The second-order valence-corrected chi connectivity index (χ2v) is 7.09. The molecule has 0 bridgehead atoms. The van der Waals surface area contributed by atoms with Gasteiger partial charge >= 0.3 is 0 Å². The number of thiazole rings is 1. The molecule has 0 spiro atoms. The van der Waals surface area contributed by atoms with Gasteiger partial charge in [-0.1, -0.05) is 17.4 Å². The zero-order valence-electron chi connectivity index (χ0n) is 12.0. The predicted octanol–water partition coefficient (Wildman–Crippen LogP) is 1.99. The lowest BCUT2D eigenvalue weighted by Gasteiger charge is -2.25. The van der Waals surface area contributed by atoms with Crippen LogP contribution < -0.4 is 19.8 Å². The first-order valence-electron chi connectivity index (χ1n) is 7.00. The summed E-state index contributed by atoms with van der Waals surface area (Å²) in [5.74, 6) is -0.274. The molecule has 23 heavy (non-hydrogen) atoms. The number of anilines is 1. The first-order valence-corrected chi connectivity index (χ1v) is 8.70. The van der Waals surface area contributed by atoms with Gasteiger partial charge < -0.3 is 4.90 Å². The summed E-state index contributed by atoms with van der Waals surface area (Å²) in [5.41, 5.74) is 0.816. The zero-order valence-corrected chi connectivity index (χ0v) is 13.6. The molecule has 7 heteroatoms. The summed E-state index contributed by atoms with van der Waals surface area (Å²) >= 11 is 3.01. The molecule has 0 aliphatic carbocycles. The molecule has 0 amide bonds. The third-order valence-corrected chi connectivity index (χ3v) is 5.45. The number of benzene rings is 1. The summed E-state index contributed by atoms with van der Waals surface area (Å²) in [4.78, 5) is 20.8. The van der Waals surface area contributed by atoms with Crippen molar-refractivity contribution in [3.63, 3.8) is 0 Å². The van der Waals surface area contributed by atoms with Gasteiger partial charge in [-0.2, -0.15) is 0 Å². The van der Waals surface area contributed by atoms with E-state index in [2.05, 4.69) is 4.99 Å². The van der Waals surface area contributed by atoms with Crippen molar-refractivity contribution in [2.45, 2.75) is 6.67 Å². The Hall–Kier alpha value is -2.25. The fourth-order valence-corrected chi connectivity index (χ4v) is 4.11. The van der Waals surface area contributed by atoms with Crippen LogP contribution in [0, 0.1) is 5.82 Å². The van der Waals surface area contributed by atoms with E-state index in [1.807, 2.05) is 28.5 Å². The predicted molar refractivity (Wildman–Crippen MR) is 91.0 cm³/mol. The van der Waals surface area contributed by atoms with E-state index >= 15 is 0 Å². The van der Waals surface area contributed by atoms with Gasteiger partial charge in [-0.25, -0.2) is 9.38 Å². The standard InChI is InChI=1S/C16H12FN3OS2/c17-11-3-5-12(6-4-11)19-9-18-16-20(10-19)15(21)14(23-16)8-13-2-1-7-22-13/h1-8H,9-10H2/b14-8+. The fraction of sp³-hybridized carbons (Fsp3) is 0.125. The molecule has 1 aliphatic heterocycles. The lowest BCUT2D eigenvalue weighted by Crippen LogP contribution is -2.42. The molecule has 0 fully saturated rings. The molecule has 0 saturated heterocycles. The van der Waals surface area contributed by atoms with Gasteiger partial charge in [-0.15, -0.1) is 11.3 Å². The molecular weight excluding hydrogens is 333 g/mol. The third-order valence-electron chi connectivity index (χ3n) is 3.59. The van der Waals surface area contributed by atoms with Crippen LogP contribution in [-0.4, -0.2) is 11.2 Å². The molecule has 0 N–H and O–H groups in total. The molecule has 1 aromatic carbocycles. The molecule has 4 nitrogen and oxygen atoms in total. The minimum Gasteiger partial charge on any atom is -0.334 e. The number of hydrogen-bond donors (Lipinski definition) is 0. The Kier molecular flexibility index (Phi) is 3.59. The van der Waals surface area contributed by atoms with Crippen LogP contribution in [0.1, 0.15) is 4.88 Å². The molecule has 0 atom stereocenters. The van der Waals surface area contributed by atoms with E-state index in [1.54, 1.807) is 28.0 Å². The number of halogens is 1. The molecule has 3 aromatic rings. The number of rotatable bonds is 2. The number of aromatic nitrogens is 1. The third kappa shape index (κ3) is 2.73. The van der Waals surface area contributed by atoms with Crippen LogP contribution in [0.15, 0.2) is 51.6 Å². The van der Waals surface area contributed by atoms with Crippen molar-refractivity contribution in [2.24, 2.45) is 4.99 Å². The average Bonchev–Trinajstić information content (AvgIpc) is 3.17. The molecular formula is C16H12FN3OS2.